The smallest absolute Gasteiger partial charge is 0.466 e. The Morgan fingerprint density at radius 3 is 0.500 bits per heavy atom. The van der Waals surface area contributed by atoms with Crippen molar-refractivity contribution in [2.45, 2.75) is 55.3 Å². The first kappa shape index (κ1) is 46.2. The highest BCUT2D eigenvalue weighted by atomic mass is 31.2. The van der Waals surface area contributed by atoms with Gasteiger partial charge in [-0.05, 0) is 0 Å². The maximum absolute atomic E-state index is 10.3. The van der Waals surface area contributed by atoms with Gasteiger partial charge in [0.25, 0.3) is 0 Å². The molecule has 0 unspecified atom stereocenters. The van der Waals surface area contributed by atoms with Crippen molar-refractivity contribution in [1.82, 2.24) is 0 Å². The van der Waals surface area contributed by atoms with E-state index in [9.17, 15) is 43.2 Å². The molecular weight excluding hydrogens is 647 g/mol. The van der Waals surface area contributed by atoms with Crippen LogP contribution >= 0.6 is 7.82 Å². The SMILES string of the molecule is O=C(O)CC(O)(CC(=O)O)C(=O)O.O=C(O)CC(O)(CC(=O)O)C(=O)O.O=C(O)CC(O)(CC(=O)O)C(=O)O.O=P(O)(O)O. The summed E-state index contributed by atoms with van der Waals surface area (Å²) >= 11 is 0. The standard InChI is InChI=1S/3C6H8O7.H3O4P/c3*7-3(8)1-6(13,5(11)12)2-4(9)10;1-5(2,3)4/h3*13H,1-2H2,(H,7,8)(H,9,10)(H,11,12);(H3,1,2,3,4). The minimum absolute atomic E-state index is 1.14. The lowest BCUT2D eigenvalue weighted by molar-refractivity contribution is -0.170. The lowest BCUT2D eigenvalue weighted by Crippen LogP contribution is -2.42. The molecule has 0 aromatic heterocycles. The first-order chi connectivity index (χ1) is 19.3. The lowest BCUT2D eigenvalue weighted by Gasteiger charge is -2.18. The number of hydrogen-bond donors (Lipinski definition) is 15. The van der Waals surface area contributed by atoms with E-state index in [1.807, 2.05) is 0 Å². The van der Waals surface area contributed by atoms with E-state index < -0.39 is 117 Å². The fraction of sp³-hybridized carbons (Fsp3) is 0.500. The van der Waals surface area contributed by atoms with Crippen LogP contribution in [0, 0.1) is 0 Å². The maximum atomic E-state index is 10.3. The summed E-state index contributed by atoms with van der Waals surface area (Å²) in [4.78, 5) is 113. The van der Waals surface area contributed by atoms with Crippen molar-refractivity contribution in [3.8, 4) is 0 Å². The Hall–Kier alpha value is -4.78. The molecule has 0 bridgehead atoms. The van der Waals surface area contributed by atoms with Crippen LogP contribution < -0.4 is 0 Å². The largest absolute Gasteiger partial charge is 0.481 e. The van der Waals surface area contributed by atoms with Gasteiger partial charge < -0.3 is 76.0 Å². The Bertz CT molecular complexity index is 952. The van der Waals surface area contributed by atoms with Crippen LogP contribution in [0.3, 0.4) is 0 Å². The van der Waals surface area contributed by atoms with Crippen LogP contribution in [-0.2, 0) is 47.7 Å². The van der Waals surface area contributed by atoms with Crippen LogP contribution in [0.25, 0.3) is 0 Å². The highest BCUT2D eigenvalue weighted by molar-refractivity contribution is 7.45. The van der Waals surface area contributed by atoms with E-state index in [4.69, 9.17) is 80.5 Å². The number of phosphoric acid groups is 1. The van der Waals surface area contributed by atoms with Crippen molar-refractivity contribution in [3.05, 3.63) is 0 Å². The second kappa shape index (κ2) is 19.4. The van der Waals surface area contributed by atoms with Gasteiger partial charge in [0, 0.05) is 0 Å². The zero-order valence-electron chi connectivity index (χ0n) is 21.5. The van der Waals surface area contributed by atoms with Crippen LogP contribution in [0.4, 0.5) is 0 Å². The van der Waals surface area contributed by atoms with Crippen molar-refractivity contribution >= 4 is 61.5 Å². The molecule has 0 saturated heterocycles. The summed E-state index contributed by atoms with van der Waals surface area (Å²) < 4.78 is 8.88. The summed E-state index contributed by atoms with van der Waals surface area (Å²) in [5.74, 6) is -15.1. The van der Waals surface area contributed by atoms with Crippen LogP contribution in [0.1, 0.15) is 38.5 Å². The molecule has 0 radical (unpaired) electrons. The zero-order chi connectivity index (χ0) is 36.4. The molecular formula is C18H27O25P. The summed E-state index contributed by atoms with van der Waals surface area (Å²) in [6.45, 7) is 0. The Kier molecular flexibility index (Phi) is 20.4. The predicted octanol–water partition coefficient (Wildman–Crippen LogP) is -4.67. The van der Waals surface area contributed by atoms with Gasteiger partial charge >= 0.3 is 61.5 Å². The van der Waals surface area contributed by atoms with Gasteiger partial charge in [-0.2, -0.15) is 0 Å². The van der Waals surface area contributed by atoms with Crippen molar-refractivity contribution in [1.29, 1.82) is 0 Å². The molecule has 0 rings (SSSR count). The van der Waals surface area contributed by atoms with Crippen LogP contribution in [0.2, 0.25) is 0 Å². The van der Waals surface area contributed by atoms with Gasteiger partial charge in [0.2, 0.25) is 0 Å². The van der Waals surface area contributed by atoms with E-state index >= 15 is 0 Å². The molecule has 0 fully saturated rings. The van der Waals surface area contributed by atoms with Gasteiger partial charge in [-0.3, -0.25) is 28.8 Å². The predicted molar refractivity (Wildman–Crippen MR) is 126 cm³/mol. The third kappa shape index (κ3) is 26.1. The number of aliphatic hydroxyl groups is 3. The average Bonchev–Trinajstić information content (AvgIpc) is 2.69. The highest BCUT2D eigenvalue weighted by Crippen LogP contribution is 2.25. The van der Waals surface area contributed by atoms with E-state index in [-0.39, 0.29) is 0 Å². The van der Waals surface area contributed by atoms with Gasteiger partial charge in [-0.15, -0.1) is 0 Å². The van der Waals surface area contributed by atoms with Crippen molar-refractivity contribution in [2.75, 3.05) is 0 Å². The molecule has 26 heteroatoms. The zero-order valence-corrected chi connectivity index (χ0v) is 22.4. The van der Waals surface area contributed by atoms with E-state index in [1.54, 1.807) is 0 Å². The van der Waals surface area contributed by atoms with Gasteiger partial charge in [0.15, 0.2) is 16.8 Å². The normalized spacial score (nSPS) is 11.0. The molecule has 44 heavy (non-hydrogen) atoms. The molecule has 25 nitrogen and oxygen atoms in total. The van der Waals surface area contributed by atoms with Crippen molar-refractivity contribution in [3.63, 3.8) is 0 Å². The monoisotopic (exact) mass is 674 g/mol. The van der Waals surface area contributed by atoms with E-state index in [2.05, 4.69) is 0 Å². The molecule has 0 aromatic rings. The minimum atomic E-state index is -4.64. The lowest BCUT2D eigenvalue weighted by atomic mass is 9.96. The number of carbonyl (C=O) groups is 9. The van der Waals surface area contributed by atoms with Crippen LogP contribution in [0.15, 0.2) is 0 Å². The molecule has 0 aliphatic heterocycles. The Balaban J connectivity index is -0.000000253. The molecule has 0 atom stereocenters. The summed E-state index contributed by atoms with van der Waals surface area (Å²) in [7, 11) is -4.64. The number of carboxylic acids is 9. The van der Waals surface area contributed by atoms with E-state index in [1.165, 1.54) is 0 Å². The van der Waals surface area contributed by atoms with Crippen molar-refractivity contribution in [2.24, 2.45) is 0 Å². The highest BCUT2D eigenvalue weighted by Gasteiger charge is 2.42. The summed E-state index contributed by atoms with van der Waals surface area (Å²) in [5.41, 5.74) is -8.22. The molecule has 0 aliphatic carbocycles. The first-order valence-electron chi connectivity index (χ1n) is 10.3. The Labute approximate surface area is 241 Å². The fourth-order valence-electron chi connectivity index (χ4n) is 2.14. The molecule has 254 valence electrons. The summed E-state index contributed by atoms with van der Waals surface area (Å²) in [6.07, 6.45) is -6.87. The number of rotatable bonds is 15. The molecule has 0 spiro atoms. The van der Waals surface area contributed by atoms with Gasteiger partial charge in [0.1, 0.15) is 0 Å². The number of carboxylic acid groups (broad SMARTS) is 9. The average molecular weight is 674 g/mol. The summed E-state index contributed by atoms with van der Waals surface area (Å²) in [6, 6.07) is 0. The Morgan fingerprint density at radius 1 is 0.364 bits per heavy atom. The maximum Gasteiger partial charge on any atom is 0.466 e. The van der Waals surface area contributed by atoms with E-state index in [0.717, 1.165) is 0 Å². The van der Waals surface area contributed by atoms with Crippen LogP contribution in [-0.4, -0.2) is 146 Å². The molecule has 0 aromatic carbocycles. The third-order valence-corrected chi connectivity index (χ3v) is 3.86. The molecule has 0 heterocycles. The quantitative estimate of drug-likeness (QED) is 0.0725. The fourth-order valence-corrected chi connectivity index (χ4v) is 2.14. The number of aliphatic carboxylic acids is 9. The summed E-state index contributed by atoms with van der Waals surface area (Å²) in [5, 5.41) is 101. The first-order valence-corrected chi connectivity index (χ1v) is 11.9. The topological polar surface area (TPSA) is 474 Å². The minimum Gasteiger partial charge on any atom is -0.481 e. The molecule has 0 amide bonds. The Morgan fingerprint density at radius 2 is 0.455 bits per heavy atom. The van der Waals surface area contributed by atoms with E-state index in [0.29, 0.717) is 0 Å². The van der Waals surface area contributed by atoms with Crippen molar-refractivity contribution < 1.29 is 124 Å². The molecule has 15 N–H and O–H groups in total. The van der Waals surface area contributed by atoms with Gasteiger partial charge in [0.05, 0.1) is 38.5 Å². The number of hydrogen-bond acceptors (Lipinski definition) is 13. The van der Waals surface area contributed by atoms with Gasteiger partial charge in [-0.25, -0.2) is 18.9 Å². The second-order valence-corrected chi connectivity index (χ2v) is 8.97. The second-order valence-electron chi connectivity index (χ2n) is 7.95. The third-order valence-electron chi connectivity index (χ3n) is 3.86. The van der Waals surface area contributed by atoms with Gasteiger partial charge in [-0.1, -0.05) is 0 Å². The molecule has 0 aliphatic rings. The van der Waals surface area contributed by atoms with Crippen LogP contribution in [0.5, 0.6) is 0 Å². The molecule has 0 saturated carbocycles.